The quantitative estimate of drug-likeness (QED) is 0.522. The van der Waals surface area contributed by atoms with Gasteiger partial charge in [-0.25, -0.2) is 0 Å². The summed E-state index contributed by atoms with van der Waals surface area (Å²) in [5.74, 6) is 0.264. The van der Waals surface area contributed by atoms with Crippen LogP contribution < -0.4 is 0 Å². The number of allylic oxidation sites excluding steroid dienone is 4. The van der Waals surface area contributed by atoms with Crippen LogP contribution in [0.25, 0.3) is 0 Å². The van der Waals surface area contributed by atoms with Crippen molar-refractivity contribution in [3.05, 3.63) is 23.2 Å². The first-order valence-electron chi connectivity index (χ1n) is 10.7. The van der Waals surface area contributed by atoms with Crippen molar-refractivity contribution >= 4 is 0 Å². The summed E-state index contributed by atoms with van der Waals surface area (Å²) in [4.78, 5) is 0. The first-order chi connectivity index (χ1) is 13.1. The maximum Gasteiger partial charge on any atom is 0.199 e. The molecule has 2 atom stereocenters. The van der Waals surface area contributed by atoms with Gasteiger partial charge in [0, 0.05) is 19.4 Å². The predicted molar refractivity (Wildman–Crippen MR) is 101 cm³/mol. The van der Waals surface area contributed by atoms with Crippen LogP contribution in [0.5, 0.6) is 0 Å². The molecule has 2 aliphatic carbocycles. The van der Waals surface area contributed by atoms with Crippen molar-refractivity contribution in [2.75, 3.05) is 20.3 Å². The summed E-state index contributed by atoms with van der Waals surface area (Å²) < 4.78 is 44.6. The number of hydrogen-bond donors (Lipinski definition) is 0. The van der Waals surface area contributed by atoms with Gasteiger partial charge in [-0.15, -0.1) is 0 Å². The van der Waals surface area contributed by atoms with Crippen LogP contribution >= 0.6 is 0 Å². The highest BCUT2D eigenvalue weighted by Crippen LogP contribution is 2.38. The highest BCUT2D eigenvalue weighted by Gasteiger charge is 2.32. The van der Waals surface area contributed by atoms with E-state index in [2.05, 4.69) is 6.92 Å². The Morgan fingerprint density at radius 2 is 1.59 bits per heavy atom. The minimum Gasteiger partial charge on any atom is -0.498 e. The lowest BCUT2D eigenvalue weighted by Gasteiger charge is -2.37. The summed E-state index contributed by atoms with van der Waals surface area (Å²) >= 11 is 0. The summed E-state index contributed by atoms with van der Waals surface area (Å²) in [5, 5.41) is 0. The second kappa shape index (κ2) is 9.90. The Kier molecular flexibility index (Phi) is 7.57. The number of ether oxygens (including phenoxy) is 3. The molecule has 0 radical (unpaired) electrons. The second-order valence-corrected chi connectivity index (χ2v) is 8.37. The smallest absolute Gasteiger partial charge is 0.199 e. The van der Waals surface area contributed by atoms with E-state index in [1.165, 1.54) is 32.8 Å². The van der Waals surface area contributed by atoms with E-state index in [1.54, 1.807) is 0 Å². The topological polar surface area (TPSA) is 27.7 Å². The largest absolute Gasteiger partial charge is 0.498 e. The Hall–Kier alpha value is -1.10. The first-order valence-corrected chi connectivity index (χ1v) is 10.7. The molecule has 0 spiro atoms. The van der Waals surface area contributed by atoms with Gasteiger partial charge in [0.05, 0.1) is 19.8 Å². The molecule has 3 aliphatic rings. The zero-order valence-corrected chi connectivity index (χ0v) is 16.8. The molecule has 1 saturated heterocycles. The van der Waals surface area contributed by atoms with Gasteiger partial charge in [-0.1, -0.05) is 13.3 Å². The Morgan fingerprint density at radius 3 is 2.22 bits per heavy atom. The molecule has 3 rings (SSSR count). The Balaban J connectivity index is 1.40. The normalized spacial score (nSPS) is 32.6. The molecule has 0 aromatic carbocycles. The van der Waals surface area contributed by atoms with E-state index in [-0.39, 0.29) is 11.5 Å². The maximum absolute atomic E-state index is 14.0. The van der Waals surface area contributed by atoms with Crippen molar-refractivity contribution < 1.29 is 23.0 Å². The molecule has 0 bridgehead atoms. The standard InChI is InChI=1S/C22H34F2O3/c1-3-4-15-7-10-18(26-13-15)17-8-5-16(6-9-17)14-27-20-12-11-19(25-2)21(23)22(20)24/h15-18H,3-14H2,1-2H3. The molecular weight excluding hydrogens is 350 g/mol. The van der Waals surface area contributed by atoms with E-state index in [1.807, 2.05) is 0 Å². The van der Waals surface area contributed by atoms with Crippen LogP contribution in [-0.4, -0.2) is 26.4 Å². The van der Waals surface area contributed by atoms with E-state index in [0.717, 1.165) is 38.2 Å². The van der Waals surface area contributed by atoms with Crippen LogP contribution in [-0.2, 0) is 14.2 Å². The average molecular weight is 385 g/mol. The number of methoxy groups -OCH3 is 1. The first kappa shape index (κ1) is 20.6. The highest BCUT2D eigenvalue weighted by molar-refractivity contribution is 5.29. The zero-order valence-electron chi connectivity index (χ0n) is 16.8. The monoisotopic (exact) mass is 384 g/mol. The molecular formula is C22H34F2O3. The van der Waals surface area contributed by atoms with Crippen LogP contribution in [0.4, 0.5) is 8.78 Å². The van der Waals surface area contributed by atoms with Crippen molar-refractivity contribution in [2.45, 2.75) is 77.2 Å². The van der Waals surface area contributed by atoms with Gasteiger partial charge in [-0.3, -0.25) is 0 Å². The average Bonchev–Trinajstić information content (AvgIpc) is 2.70. The van der Waals surface area contributed by atoms with Crippen LogP contribution in [0.1, 0.15) is 71.1 Å². The van der Waals surface area contributed by atoms with Crippen LogP contribution in [0.15, 0.2) is 23.2 Å². The Bertz CT molecular complexity index is 542. The molecule has 0 amide bonds. The van der Waals surface area contributed by atoms with E-state index < -0.39 is 11.7 Å². The van der Waals surface area contributed by atoms with E-state index in [9.17, 15) is 8.78 Å². The summed E-state index contributed by atoms with van der Waals surface area (Å²) in [7, 11) is 1.37. The molecule has 1 heterocycles. The van der Waals surface area contributed by atoms with Crippen LogP contribution in [0.3, 0.4) is 0 Å². The van der Waals surface area contributed by atoms with Crippen molar-refractivity contribution in [3.8, 4) is 0 Å². The Labute approximate surface area is 162 Å². The molecule has 27 heavy (non-hydrogen) atoms. The molecule has 2 unspecified atom stereocenters. The minimum atomic E-state index is -0.904. The van der Waals surface area contributed by atoms with E-state index in [0.29, 0.717) is 37.4 Å². The fourth-order valence-electron chi connectivity index (χ4n) is 4.80. The van der Waals surface area contributed by atoms with Gasteiger partial charge < -0.3 is 14.2 Å². The predicted octanol–water partition coefficient (Wildman–Crippen LogP) is 6.21. The third-order valence-electron chi connectivity index (χ3n) is 6.52. The lowest BCUT2D eigenvalue weighted by molar-refractivity contribution is -0.0613. The molecule has 5 heteroatoms. The molecule has 1 aliphatic heterocycles. The van der Waals surface area contributed by atoms with Gasteiger partial charge in [-0.2, -0.15) is 8.78 Å². The van der Waals surface area contributed by atoms with Gasteiger partial charge in [0.2, 0.25) is 0 Å². The van der Waals surface area contributed by atoms with Crippen LogP contribution in [0, 0.1) is 17.8 Å². The molecule has 154 valence electrons. The number of hydrogen-bond acceptors (Lipinski definition) is 3. The molecule has 0 N–H and O–H groups in total. The van der Waals surface area contributed by atoms with Crippen molar-refractivity contribution in [3.63, 3.8) is 0 Å². The van der Waals surface area contributed by atoms with Gasteiger partial charge in [0.25, 0.3) is 0 Å². The zero-order chi connectivity index (χ0) is 19.2. The van der Waals surface area contributed by atoms with Crippen molar-refractivity contribution in [1.29, 1.82) is 0 Å². The van der Waals surface area contributed by atoms with Gasteiger partial charge >= 0.3 is 0 Å². The summed E-state index contributed by atoms with van der Waals surface area (Å²) in [6.45, 7) is 3.65. The SMILES string of the molecule is CCCC1CCC(C2CCC(COC3=C(F)C(F)=C(OC)CC3)CC2)OC1. The lowest BCUT2D eigenvalue weighted by Crippen LogP contribution is -2.34. The fourth-order valence-corrected chi connectivity index (χ4v) is 4.80. The van der Waals surface area contributed by atoms with E-state index >= 15 is 0 Å². The van der Waals surface area contributed by atoms with Gasteiger partial charge in [0.15, 0.2) is 11.7 Å². The van der Waals surface area contributed by atoms with E-state index in [4.69, 9.17) is 14.2 Å². The molecule has 1 saturated carbocycles. The Morgan fingerprint density at radius 1 is 0.926 bits per heavy atom. The van der Waals surface area contributed by atoms with Crippen molar-refractivity contribution in [2.24, 2.45) is 17.8 Å². The molecule has 0 aromatic heterocycles. The fraction of sp³-hybridized carbons (Fsp3) is 0.818. The molecule has 3 nitrogen and oxygen atoms in total. The summed E-state index contributed by atoms with van der Waals surface area (Å²) in [6.07, 6.45) is 10.6. The van der Waals surface area contributed by atoms with Crippen molar-refractivity contribution in [1.82, 2.24) is 0 Å². The number of rotatable bonds is 7. The lowest BCUT2D eigenvalue weighted by atomic mass is 9.77. The third kappa shape index (κ3) is 5.24. The minimum absolute atomic E-state index is 0.0778. The van der Waals surface area contributed by atoms with Crippen LogP contribution in [0.2, 0.25) is 0 Å². The molecule has 2 fully saturated rings. The second-order valence-electron chi connectivity index (χ2n) is 8.37. The molecule has 0 aromatic rings. The highest BCUT2D eigenvalue weighted by atomic mass is 19.2. The van der Waals surface area contributed by atoms with Gasteiger partial charge in [0.1, 0.15) is 11.5 Å². The number of halogens is 2. The summed E-state index contributed by atoms with van der Waals surface area (Å²) in [6, 6.07) is 0. The summed E-state index contributed by atoms with van der Waals surface area (Å²) in [5.41, 5.74) is 0. The van der Waals surface area contributed by atoms with Gasteiger partial charge in [-0.05, 0) is 62.7 Å². The maximum atomic E-state index is 14.0. The third-order valence-corrected chi connectivity index (χ3v) is 6.52.